The van der Waals surface area contributed by atoms with Crippen LogP contribution in [0.2, 0.25) is 10.4 Å². The fraction of sp³-hybridized carbons (Fsp3) is 0. The van der Waals surface area contributed by atoms with Crippen LogP contribution < -0.4 is 0 Å². The molecule has 16 heavy (non-hydrogen) atoms. The number of halogens is 2. The van der Waals surface area contributed by atoms with Crippen LogP contribution in [0.3, 0.4) is 0 Å². The summed E-state index contributed by atoms with van der Waals surface area (Å²) in [5.74, 6) is 0. The number of benzene rings is 1. The third kappa shape index (κ3) is 2.30. The highest BCUT2D eigenvalue weighted by molar-refractivity contribution is 6.32. The zero-order valence-electron chi connectivity index (χ0n) is 7.98. The van der Waals surface area contributed by atoms with Crippen molar-refractivity contribution >= 4 is 23.2 Å². The van der Waals surface area contributed by atoms with E-state index in [1.165, 1.54) is 0 Å². The standard InChI is InChI=1S/C11H5Cl2N3/c12-10-5-9(15-11(13)16-10)8-3-1-2-7(4-8)6-14/h1-5H. The Bertz CT molecular complexity index is 555. The van der Waals surface area contributed by atoms with Gasteiger partial charge in [0.1, 0.15) is 5.15 Å². The second-order valence-electron chi connectivity index (χ2n) is 3.04. The van der Waals surface area contributed by atoms with Crippen molar-refractivity contribution in [3.05, 3.63) is 46.3 Å². The summed E-state index contributed by atoms with van der Waals surface area (Å²) in [7, 11) is 0. The van der Waals surface area contributed by atoms with Crippen LogP contribution in [0.25, 0.3) is 11.3 Å². The van der Waals surface area contributed by atoms with Crippen LogP contribution in [-0.4, -0.2) is 9.97 Å². The number of aromatic nitrogens is 2. The zero-order valence-corrected chi connectivity index (χ0v) is 9.50. The van der Waals surface area contributed by atoms with E-state index in [9.17, 15) is 0 Å². The number of rotatable bonds is 1. The summed E-state index contributed by atoms with van der Waals surface area (Å²) < 4.78 is 0. The Morgan fingerprint density at radius 3 is 2.62 bits per heavy atom. The Balaban J connectivity index is 2.54. The smallest absolute Gasteiger partial charge is 0.218 e. The fourth-order valence-electron chi connectivity index (χ4n) is 1.29. The average molecular weight is 250 g/mol. The molecule has 1 aromatic heterocycles. The first-order valence-electron chi connectivity index (χ1n) is 4.39. The molecule has 0 N–H and O–H groups in total. The Morgan fingerprint density at radius 2 is 1.94 bits per heavy atom. The quantitative estimate of drug-likeness (QED) is 0.576. The highest BCUT2D eigenvalue weighted by Crippen LogP contribution is 2.22. The van der Waals surface area contributed by atoms with E-state index in [1.54, 1.807) is 24.3 Å². The van der Waals surface area contributed by atoms with Gasteiger partial charge >= 0.3 is 0 Å². The molecule has 0 radical (unpaired) electrons. The maximum absolute atomic E-state index is 8.78. The third-order valence-corrected chi connectivity index (χ3v) is 2.32. The molecular formula is C11H5Cl2N3. The predicted octanol–water partition coefficient (Wildman–Crippen LogP) is 3.32. The topological polar surface area (TPSA) is 49.6 Å². The number of hydrogen-bond acceptors (Lipinski definition) is 3. The van der Waals surface area contributed by atoms with Crippen LogP contribution >= 0.6 is 23.2 Å². The molecule has 0 saturated carbocycles. The average Bonchev–Trinajstić information content (AvgIpc) is 2.28. The van der Waals surface area contributed by atoms with Crippen LogP contribution in [0.15, 0.2) is 30.3 Å². The lowest BCUT2D eigenvalue weighted by atomic mass is 10.1. The second kappa shape index (κ2) is 4.48. The van der Waals surface area contributed by atoms with E-state index >= 15 is 0 Å². The molecule has 0 atom stereocenters. The van der Waals surface area contributed by atoms with Crippen molar-refractivity contribution in [1.29, 1.82) is 5.26 Å². The van der Waals surface area contributed by atoms with Crippen molar-refractivity contribution < 1.29 is 0 Å². The van der Waals surface area contributed by atoms with Gasteiger partial charge in [-0.1, -0.05) is 23.7 Å². The lowest BCUT2D eigenvalue weighted by molar-refractivity contribution is 1.17. The van der Waals surface area contributed by atoms with Gasteiger partial charge in [-0.3, -0.25) is 0 Å². The van der Waals surface area contributed by atoms with Crippen molar-refractivity contribution in [1.82, 2.24) is 9.97 Å². The van der Waals surface area contributed by atoms with Gasteiger partial charge in [0.25, 0.3) is 0 Å². The maximum atomic E-state index is 8.78. The molecule has 0 saturated heterocycles. The lowest BCUT2D eigenvalue weighted by Gasteiger charge is -2.01. The van der Waals surface area contributed by atoms with Crippen LogP contribution in [0, 0.1) is 11.3 Å². The van der Waals surface area contributed by atoms with Crippen LogP contribution in [0.4, 0.5) is 0 Å². The summed E-state index contributed by atoms with van der Waals surface area (Å²) in [5.41, 5.74) is 1.94. The fourth-order valence-corrected chi connectivity index (χ4v) is 1.69. The maximum Gasteiger partial charge on any atom is 0.224 e. The van der Waals surface area contributed by atoms with Gasteiger partial charge in [0.2, 0.25) is 5.28 Å². The molecule has 78 valence electrons. The van der Waals surface area contributed by atoms with Gasteiger partial charge < -0.3 is 0 Å². The molecule has 3 nitrogen and oxygen atoms in total. The number of nitriles is 1. The van der Waals surface area contributed by atoms with Crippen molar-refractivity contribution in [3.63, 3.8) is 0 Å². The largest absolute Gasteiger partial charge is 0.224 e. The van der Waals surface area contributed by atoms with E-state index < -0.39 is 0 Å². The summed E-state index contributed by atoms with van der Waals surface area (Å²) >= 11 is 11.5. The molecule has 2 rings (SSSR count). The predicted molar refractivity (Wildman–Crippen MR) is 62.2 cm³/mol. The Kier molecular flexibility index (Phi) is 3.04. The Hall–Kier alpha value is -1.63. The molecule has 0 aliphatic heterocycles. The minimum Gasteiger partial charge on any atom is -0.218 e. The number of hydrogen-bond donors (Lipinski definition) is 0. The van der Waals surface area contributed by atoms with Gasteiger partial charge in [0.15, 0.2) is 0 Å². The minimum atomic E-state index is 0.0878. The summed E-state index contributed by atoms with van der Waals surface area (Å²) in [6.07, 6.45) is 0. The summed E-state index contributed by atoms with van der Waals surface area (Å²) in [6.45, 7) is 0. The van der Waals surface area contributed by atoms with Crippen molar-refractivity contribution in [2.75, 3.05) is 0 Å². The number of nitrogens with zero attached hydrogens (tertiary/aromatic N) is 3. The van der Waals surface area contributed by atoms with Crippen molar-refractivity contribution in [2.24, 2.45) is 0 Å². The van der Waals surface area contributed by atoms with E-state index in [-0.39, 0.29) is 10.4 Å². The third-order valence-electron chi connectivity index (χ3n) is 1.96. The second-order valence-corrected chi connectivity index (χ2v) is 3.76. The highest BCUT2D eigenvalue weighted by Gasteiger charge is 2.04. The van der Waals surface area contributed by atoms with E-state index in [0.29, 0.717) is 11.3 Å². The first-order valence-corrected chi connectivity index (χ1v) is 5.15. The molecule has 0 bridgehead atoms. The molecule has 1 heterocycles. The van der Waals surface area contributed by atoms with Crippen LogP contribution in [-0.2, 0) is 0 Å². The monoisotopic (exact) mass is 249 g/mol. The molecule has 0 unspecified atom stereocenters. The van der Waals surface area contributed by atoms with Gasteiger partial charge in [-0.25, -0.2) is 9.97 Å². The molecule has 0 aliphatic rings. The molecule has 2 aromatic rings. The van der Waals surface area contributed by atoms with Gasteiger partial charge in [-0.05, 0) is 23.7 Å². The van der Waals surface area contributed by atoms with Crippen molar-refractivity contribution in [2.45, 2.75) is 0 Å². The van der Waals surface area contributed by atoms with E-state index in [4.69, 9.17) is 28.5 Å². The zero-order chi connectivity index (χ0) is 11.5. The summed E-state index contributed by atoms with van der Waals surface area (Å²) in [4.78, 5) is 7.80. The van der Waals surface area contributed by atoms with Gasteiger partial charge in [-0.15, -0.1) is 0 Å². The van der Waals surface area contributed by atoms with E-state index in [1.807, 2.05) is 6.07 Å². The lowest BCUT2D eigenvalue weighted by Crippen LogP contribution is -1.88. The molecule has 0 fully saturated rings. The Morgan fingerprint density at radius 1 is 1.12 bits per heavy atom. The molecule has 1 aromatic carbocycles. The van der Waals surface area contributed by atoms with Crippen LogP contribution in [0.1, 0.15) is 5.56 Å². The highest BCUT2D eigenvalue weighted by atomic mass is 35.5. The normalized spacial score (nSPS) is 9.81. The van der Waals surface area contributed by atoms with Crippen LogP contribution in [0.5, 0.6) is 0 Å². The molecule has 0 spiro atoms. The summed E-state index contributed by atoms with van der Waals surface area (Å²) in [6, 6.07) is 10.7. The van der Waals surface area contributed by atoms with Gasteiger partial charge in [0.05, 0.1) is 17.3 Å². The first kappa shape index (κ1) is 10.9. The van der Waals surface area contributed by atoms with E-state index in [0.717, 1.165) is 5.56 Å². The first-order chi connectivity index (χ1) is 7.69. The summed E-state index contributed by atoms with van der Waals surface area (Å²) in [5, 5.41) is 9.15. The van der Waals surface area contributed by atoms with E-state index in [2.05, 4.69) is 16.0 Å². The Labute approximate surface area is 102 Å². The SMILES string of the molecule is N#Cc1cccc(-c2cc(Cl)nc(Cl)n2)c1. The minimum absolute atomic E-state index is 0.0878. The van der Waals surface area contributed by atoms with Gasteiger partial charge in [-0.2, -0.15) is 5.26 Å². The molecule has 0 amide bonds. The van der Waals surface area contributed by atoms with Crippen molar-refractivity contribution in [3.8, 4) is 17.3 Å². The molecular weight excluding hydrogens is 245 g/mol. The molecule has 5 heteroatoms. The van der Waals surface area contributed by atoms with Gasteiger partial charge in [0, 0.05) is 11.6 Å². The molecule has 0 aliphatic carbocycles.